The van der Waals surface area contributed by atoms with E-state index in [2.05, 4.69) is 6.92 Å². The zero-order chi connectivity index (χ0) is 17.1. The molecule has 0 aromatic rings. The Labute approximate surface area is 135 Å². The van der Waals surface area contributed by atoms with Gasteiger partial charge in [-0.15, -0.1) is 0 Å². The Morgan fingerprint density at radius 3 is 2.00 bits per heavy atom. The van der Waals surface area contributed by atoms with Crippen LogP contribution >= 0.6 is 0 Å². The summed E-state index contributed by atoms with van der Waals surface area (Å²) >= 11 is 0. The van der Waals surface area contributed by atoms with E-state index in [4.69, 9.17) is 29.5 Å². The van der Waals surface area contributed by atoms with Gasteiger partial charge in [-0.1, -0.05) is 26.2 Å². The van der Waals surface area contributed by atoms with E-state index in [1.807, 2.05) is 0 Å². The van der Waals surface area contributed by atoms with Gasteiger partial charge in [-0.25, -0.2) is 0 Å². The molecule has 0 aromatic heterocycles. The highest BCUT2D eigenvalue weighted by molar-refractivity contribution is 4.47. The minimum Gasteiger partial charge on any atom is -0.394 e. The Morgan fingerprint density at radius 1 is 0.864 bits per heavy atom. The number of aliphatic hydroxyl groups is 3. The quantitative estimate of drug-likeness (QED) is 0.418. The summed E-state index contributed by atoms with van der Waals surface area (Å²) in [5, 5.41) is 25.5. The summed E-state index contributed by atoms with van der Waals surface area (Å²) in [6, 6.07) is 0. The Hall–Kier alpha value is -0.240. The van der Waals surface area contributed by atoms with Crippen molar-refractivity contribution in [3.05, 3.63) is 0 Å². The van der Waals surface area contributed by atoms with Crippen LogP contribution in [0, 0.1) is 0 Å². The molecule has 0 aliphatic heterocycles. The maximum Gasteiger partial charge on any atom is 0.0779 e. The van der Waals surface area contributed by atoms with Crippen LogP contribution in [-0.2, 0) is 14.2 Å². The minimum absolute atomic E-state index is 0.00667. The van der Waals surface area contributed by atoms with Crippen molar-refractivity contribution in [2.24, 2.45) is 0 Å². The monoisotopic (exact) mass is 324 g/mol. The molecule has 0 aliphatic carbocycles. The molecule has 0 radical (unpaired) electrons. The van der Waals surface area contributed by atoms with Gasteiger partial charge in [-0.2, -0.15) is 0 Å². The van der Waals surface area contributed by atoms with E-state index < -0.39 is 6.10 Å². The van der Waals surface area contributed by atoms with Crippen LogP contribution in [0.25, 0.3) is 0 Å². The highest BCUT2D eigenvalue weighted by Gasteiger charge is 2.00. The maximum absolute atomic E-state index is 8.69. The predicted octanol–water partition coefficient (Wildman–Crippen LogP) is 1.36. The van der Waals surface area contributed by atoms with Crippen molar-refractivity contribution in [3.63, 3.8) is 0 Å². The van der Waals surface area contributed by atoms with Gasteiger partial charge >= 0.3 is 0 Å². The average Bonchev–Trinajstić information content (AvgIpc) is 2.51. The van der Waals surface area contributed by atoms with Crippen molar-refractivity contribution in [1.82, 2.24) is 0 Å². The summed E-state index contributed by atoms with van der Waals surface area (Å²) in [7, 11) is 0. The van der Waals surface area contributed by atoms with Crippen LogP contribution in [-0.4, -0.2) is 73.8 Å². The molecule has 22 heavy (non-hydrogen) atoms. The first kappa shape index (κ1) is 24.0. The van der Waals surface area contributed by atoms with Crippen molar-refractivity contribution in [1.29, 1.82) is 0 Å². The van der Waals surface area contributed by atoms with E-state index in [-0.39, 0.29) is 19.3 Å². The number of aliphatic hydroxyl groups excluding tert-OH is 3. The normalized spacial score (nSPS) is 13.4. The van der Waals surface area contributed by atoms with E-state index in [1.165, 1.54) is 19.3 Å². The van der Waals surface area contributed by atoms with Crippen molar-refractivity contribution >= 4 is 0 Å². The second-order valence-electron chi connectivity index (χ2n) is 5.18. The summed E-state index contributed by atoms with van der Waals surface area (Å²) in [6.45, 7) is 8.48. The Balaban J connectivity index is 0. The lowest BCUT2D eigenvalue weighted by atomic mass is 10.2. The molecule has 0 rings (SSSR count). The lowest BCUT2D eigenvalue weighted by molar-refractivity contribution is -0.0177. The molecule has 0 fully saturated rings. The highest BCUT2D eigenvalue weighted by Crippen LogP contribution is 1.98. The molecular weight excluding hydrogens is 288 g/mol. The predicted molar refractivity (Wildman–Crippen MR) is 87.0 cm³/mol. The summed E-state index contributed by atoms with van der Waals surface area (Å²) in [5.74, 6) is 0. The molecular formula is C16H36O6. The van der Waals surface area contributed by atoms with Gasteiger partial charge < -0.3 is 29.5 Å². The summed E-state index contributed by atoms with van der Waals surface area (Å²) in [5.41, 5.74) is 0. The van der Waals surface area contributed by atoms with Gasteiger partial charge in [0.1, 0.15) is 0 Å². The number of rotatable bonds is 14. The van der Waals surface area contributed by atoms with Crippen LogP contribution in [0.5, 0.6) is 0 Å². The second kappa shape index (κ2) is 20.8. The molecule has 0 saturated carbocycles. The van der Waals surface area contributed by atoms with Gasteiger partial charge in [0.05, 0.1) is 51.8 Å². The zero-order valence-electron chi connectivity index (χ0n) is 14.5. The van der Waals surface area contributed by atoms with Gasteiger partial charge in [0, 0.05) is 6.61 Å². The lowest BCUT2D eigenvalue weighted by Crippen LogP contribution is -2.19. The molecule has 6 nitrogen and oxygen atoms in total. The standard InChI is InChI=1S/C10H22O3.C6H14O3/c1-2-3-4-5-7-12-9-10-13-8-6-11;1-5(8)4-9-6(2)3-7/h11H,2-10H2,1H3;5-8H,3-4H2,1-2H3. The SMILES string of the molecule is CC(O)COC(C)CO.CCCCCCOCCOCCO. The van der Waals surface area contributed by atoms with Crippen LogP contribution in [0.2, 0.25) is 0 Å². The van der Waals surface area contributed by atoms with Gasteiger partial charge in [-0.05, 0) is 20.3 Å². The smallest absolute Gasteiger partial charge is 0.0779 e. The molecule has 0 aliphatic rings. The molecule has 6 heteroatoms. The van der Waals surface area contributed by atoms with Gasteiger partial charge in [0.2, 0.25) is 0 Å². The molecule has 136 valence electrons. The molecule has 2 atom stereocenters. The highest BCUT2D eigenvalue weighted by atomic mass is 16.5. The topological polar surface area (TPSA) is 88.4 Å². The van der Waals surface area contributed by atoms with E-state index in [1.54, 1.807) is 13.8 Å². The van der Waals surface area contributed by atoms with Gasteiger partial charge in [-0.3, -0.25) is 0 Å². The van der Waals surface area contributed by atoms with Crippen molar-refractivity contribution in [2.45, 2.75) is 58.7 Å². The summed E-state index contributed by atoms with van der Waals surface area (Å²) < 4.78 is 15.3. The third-order valence-electron chi connectivity index (χ3n) is 2.63. The molecule has 3 N–H and O–H groups in total. The number of unbranched alkanes of at least 4 members (excludes halogenated alkanes) is 3. The molecule has 0 saturated heterocycles. The fourth-order valence-corrected chi connectivity index (χ4v) is 1.37. The molecule has 0 spiro atoms. The van der Waals surface area contributed by atoms with Crippen LogP contribution < -0.4 is 0 Å². The van der Waals surface area contributed by atoms with Crippen LogP contribution in [0.15, 0.2) is 0 Å². The fourth-order valence-electron chi connectivity index (χ4n) is 1.37. The molecule has 2 unspecified atom stereocenters. The van der Waals surface area contributed by atoms with E-state index >= 15 is 0 Å². The third-order valence-corrected chi connectivity index (χ3v) is 2.63. The number of ether oxygens (including phenoxy) is 3. The minimum atomic E-state index is -0.445. The average molecular weight is 324 g/mol. The number of hydrogen-bond acceptors (Lipinski definition) is 6. The van der Waals surface area contributed by atoms with E-state index in [9.17, 15) is 0 Å². The summed E-state index contributed by atoms with van der Waals surface area (Å²) in [4.78, 5) is 0. The Bertz CT molecular complexity index is 179. The number of hydrogen-bond donors (Lipinski definition) is 3. The van der Waals surface area contributed by atoms with E-state index in [0.29, 0.717) is 26.4 Å². The van der Waals surface area contributed by atoms with Crippen LogP contribution in [0.4, 0.5) is 0 Å². The van der Waals surface area contributed by atoms with Crippen molar-refractivity contribution in [2.75, 3.05) is 46.2 Å². The van der Waals surface area contributed by atoms with Gasteiger partial charge in [0.15, 0.2) is 0 Å². The fraction of sp³-hybridized carbons (Fsp3) is 1.00. The second-order valence-corrected chi connectivity index (χ2v) is 5.18. The Kier molecular flexibility index (Phi) is 22.7. The van der Waals surface area contributed by atoms with Crippen LogP contribution in [0.1, 0.15) is 46.5 Å². The Morgan fingerprint density at radius 2 is 1.50 bits per heavy atom. The first-order chi connectivity index (χ1) is 10.6. The van der Waals surface area contributed by atoms with Crippen molar-refractivity contribution in [3.8, 4) is 0 Å². The zero-order valence-corrected chi connectivity index (χ0v) is 14.5. The van der Waals surface area contributed by atoms with Crippen LogP contribution in [0.3, 0.4) is 0 Å². The summed E-state index contributed by atoms with van der Waals surface area (Å²) in [6.07, 6.45) is 4.35. The first-order valence-electron chi connectivity index (χ1n) is 8.25. The molecule has 0 amide bonds. The van der Waals surface area contributed by atoms with Crippen molar-refractivity contribution < 1.29 is 29.5 Å². The lowest BCUT2D eigenvalue weighted by Gasteiger charge is -2.10. The first-order valence-corrected chi connectivity index (χ1v) is 8.25. The molecule has 0 aromatic carbocycles. The maximum atomic E-state index is 8.69. The molecule has 0 bridgehead atoms. The van der Waals surface area contributed by atoms with E-state index in [0.717, 1.165) is 13.0 Å². The third kappa shape index (κ3) is 24.8. The largest absolute Gasteiger partial charge is 0.394 e. The van der Waals surface area contributed by atoms with Gasteiger partial charge in [0.25, 0.3) is 0 Å². The molecule has 0 heterocycles.